The molecule has 0 saturated heterocycles. The Labute approximate surface area is 114 Å². The maximum absolute atomic E-state index is 13.5. The van der Waals surface area contributed by atoms with Gasteiger partial charge in [-0.25, -0.2) is 8.78 Å². The zero-order chi connectivity index (χ0) is 12.6. The van der Waals surface area contributed by atoms with E-state index in [0.29, 0.717) is 13.7 Å². The van der Waals surface area contributed by atoms with E-state index in [9.17, 15) is 13.9 Å². The van der Waals surface area contributed by atoms with E-state index < -0.39 is 17.7 Å². The van der Waals surface area contributed by atoms with Crippen LogP contribution >= 0.6 is 38.9 Å². The number of hydrogen-bond donors (Lipinski definition) is 1. The molecule has 2 rings (SSSR count). The Hall–Kier alpha value is -0.490. The van der Waals surface area contributed by atoms with Gasteiger partial charge in [0.1, 0.15) is 17.7 Å². The Kier molecular flexibility index (Phi) is 3.82. The number of aliphatic hydroxyl groups is 1. The average Bonchev–Trinajstić information content (AvgIpc) is 2.59. The van der Waals surface area contributed by atoms with Gasteiger partial charge in [0, 0.05) is 4.88 Å². The Balaban J connectivity index is 2.47. The van der Waals surface area contributed by atoms with Gasteiger partial charge in [0.2, 0.25) is 0 Å². The van der Waals surface area contributed by atoms with Gasteiger partial charge in [0.15, 0.2) is 0 Å². The van der Waals surface area contributed by atoms with E-state index in [4.69, 9.17) is 11.6 Å². The minimum atomic E-state index is -1.36. The van der Waals surface area contributed by atoms with Crippen molar-refractivity contribution in [2.45, 2.75) is 6.10 Å². The van der Waals surface area contributed by atoms with Crippen molar-refractivity contribution in [1.82, 2.24) is 0 Å². The van der Waals surface area contributed by atoms with E-state index >= 15 is 0 Å². The van der Waals surface area contributed by atoms with E-state index in [0.717, 1.165) is 23.5 Å². The molecule has 1 aromatic heterocycles. The smallest absolute Gasteiger partial charge is 0.132 e. The van der Waals surface area contributed by atoms with E-state index in [1.165, 1.54) is 12.1 Å². The predicted octanol–water partition coefficient (Wildman–Crippen LogP) is 4.52. The van der Waals surface area contributed by atoms with Crippen LogP contribution in [0.15, 0.2) is 28.1 Å². The third-order valence-electron chi connectivity index (χ3n) is 2.21. The van der Waals surface area contributed by atoms with Gasteiger partial charge in [0.25, 0.3) is 0 Å². The summed E-state index contributed by atoms with van der Waals surface area (Å²) in [7, 11) is 0. The second kappa shape index (κ2) is 5.02. The fourth-order valence-electron chi connectivity index (χ4n) is 1.41. The molecule has 0 aliphatic heterocycles. The third kappa shape index (κ3) is 2.52. The van der Waals surface area contributed by atoms with Crippen LogP contribution in [0.3, 0.4) is 0 Å². The fourth-order valence-corrected chi connectivity index (χ4v) is 3.16. The summed E-state index contributed by atoms with van der Waals surface area (Å²) in [6.45, 7) is 0. The molecule has 17 heavy (non-hydrogen) atoms. The molecule has 6 heteroatoms. The predicted molar refractivity (Wildman–Crippen MR) is 67.4 cm³/mol. The summed E-state index contributed by atoms with van der Waals surface area (Å²) in [5.74, 6) is -1.56. The van der Waals surface area contributed by atoms with Crippen molar-refractivity contribution in [3.05, 3.63) is 55.1 Å². The molecule has 1 atom stereocenters. The highest BCUT2D eigenvalue weighted by molar-refractivity contribution is 9.11. The summed E-state index contributed by atoms with van der Waals surface area (Å²) in [5.41, 5.74) is -0.363. The molecule has 2 aromatic rings. The Morgan fingerprint density at radius 1 is 1.29 bits per heavy atom. The minimum Gasteiger partial charge on any atom is -0.383 e. The van der Waals surface area contributed by atoms with Crippen LogP contribution in [0.25, 0.3) is 0 Å². The first-order valence-corrected chi connectivity index (χ1v) is 6.56. The molecule has 1 unspecified atom stereocenters. The highest BCUT2D eigenvalue weighted by Gasteiger charge is 2.22. The molecule has 0 fully saturated rings. The zero-order valence-corrected chi connectivity index (χ0v) is 11.4. The molecule has 0 aliphatic rings. The van der Waals surface area contributed by atoms with Crippen LogP contribution in [0.5, 0.6) is 0 Å². The number of thiophene rings is 1. The molecule has 1 nitrogen and oxygen atoms in total. The molecule has 1 N–H and O–H groups in total. The summed E-state index contributed by atoms with van der Waals surface area (Å²) in [5, 5.41) is 10.3. The topological polar surface area (TPSA) is 20.2 Å². The van der Waals surface area contributed by atoms with E-state index in [1.54, 1.807) is 0 Å². The van der Waals surface area contributed by atoms with Gasteiger partial charge in [-0.1, -0.05) is 17.7 Å². The molecule has 0 amide bonds. The zero-order valence-electron chi connectivity index (χ0n) is 8.25. The second-order valence-corrected chi connectivity index (χ2v) is 6.12. The van der Waals surface area contributed by atoms with Crippen molar-refractivity contribution >= 4 is 38.9 Å². The Bertz CT molecular complexity index is 519. The average molecular weight is 340 g/mol. The number of halogens is 4. The Morgan fingerprint density at radius 2 is 1.88 bits per heavy atom. The largest absolute Gasteiger partial charge is 0.383 e. The van der Waals surface area contributed by atoms with Crippen LogP contribution in [-0.2, 0) is 0 Å². The molecule has 0 saturated carbocycles. The van der Waals surface area contributed by atoms with Gasteiger partial charge >= 0.3 is 0 Å². The number of rotatable bonds is 2. The summed E-state index contributed by atoms with van der Waals surface area (Å²) in [4.78, 5) is 0.380. The standard InChI is InChI=1S/C11H6BrClF2OS/c12-11-5(13)4-8(17-11)10(16)9-6(14)2-1-3-7(9)15/h1-4,10,16H. The SMILES string of the molecule is OC(c1cc(Cl)c(Br)s1)c1c(F)cccc1F. The van der Waals surface area contributed by atoms with Crippen LogP contribution in [0, 0.1) is 11.6 Å². The van der Waals surface area contributed by atoms with E-state index in [-0.39, 0.29) is 5.56 Å². The van der Waals surface area contributed by atoms with Crippen molar-refractivity contribution in [3.8, 4) is 0 Å². The summed E-state index contributed by atoms with van der Waals surface area (Å²) < 4.78 is 27.5. The summed E-state index contributed by atoms with van der Waals surface area (Å²) in [6, 6.07) is 4.93. The molecule has 0 radical (unpaired) electrons. The fraction of sp³-hybridized carbons (Fsp3) is 0.0909. The second-order valence-electron chi connectivity index (χ2n) is 3.31. The molecule has 1 aromatic carbocycles. The van der Waals surface area contributed by atoms with Crippen molar-refractivity contribution in [2.24, 2.45) is 0 Å². The number of hydrogen-bond acceptors (Lipinski definition) is 2. The van der Waals surface area contributed by atoms with Crippen molar-refractivity contribution in [2.75, 3.05) is 0 Å². The maximum Gasteiger partial charge on any atom is 0.132 e. The summed E-state index contributed by atoms with van der Waals surface area (Å²) in [6.07, 6.45) is -1.36. The molecular formula is C11H6BrClF2OS. The minimum absolute atomic E-state index is 0.363. The van der Waals surface area contributed by atoms with E-state index in [2.05, 4.69) is 15.9 Å². The molecular weight excluding hydrogens is 334 g/mol. The molecule has 1 heterocycles. The van der Waals surface area contributed by atoms with Crippen molar-refractivity contribution in [1.29, 1.82) is 0 Å². The lowest BCUT2D eigenvalue weighted by Crippen LogP contribution is -2.03. The van der Waals surface area contributed by atoms with E-state index in [1.807, 2.05) is 0 Å². The van der Waals surface area contributed by atoms with Crippen LogP contribution in [0.4, 0.5) is 8.78 Å². The van der Waals surface area contributed by atoms with Crippen LogP contribution in [0.2, 0.25) is 5.02 Å². The van der Waals surface area contributed by atoms with Crippen LogP contribution in [0.1, 0.15) is 16.5 Å². The normalized spacial score (nSPS) is 12.8. The first-order valence-electron chi connectivity index (χ1n) is 4.57. The molecule has 0 aliphatic carbocycles. The van der Waals surface area contributed by atoms with Gasteiger partial charge in [0.05, 0.1) is 14.4 Å². The van der Waals surface area contributed by atoms with Gasteiger partial charge in [-0.2, -0.15) is 0 Å². The van der Waals surface area contributed by atoms with Gasteiger partial charge in [-0.3, -0.25) is 0 Å². The van der Waals surface area contributed by atoms with Crippen LogP contribution < -0.4 is 0 Å². The molecule has 90 valence electrons. The third-order valence-corrected chi connectivity index (χ3v) is 4.73. The monoisotopic (exact) mass is 338 g/mol. The highest BCUT2D eigenvalue weighted by Crippen LogP contribution is 2.38. The number of benzene rings is 1. The summed E-state index contributed by atoms with van der Waals surface area (Å²) >= 11 is 10.1. The lowest BCUT2D eigenvalue weighted by molar-refractivity contribution is 0.213. The van der Waals surface area contributed by atoms with Crippen molar-refractivity contribution in [3.63, 3.8) is 0 Å². The maximum atomic E-state index is 13.5. The van der Waals surface area contributed by atoms with Crippen LogP contribution in [-0.4, -0.2) is 5.11 Å². The van der Waals surface area contributed by atoms with Crippen molar-refractivity contribution < 1.29 is 13.9 Å². The highest BCUT2D eigenvalue weighted by atomic mass is 79.9. The molecule has 0 spiro atoms. The van der Waals surface area contributed by atoms with Gasteiger partial charge in [-0.15, -0.1) is 11.3 Å². The number of aliphatic hydroxyl groups excluding tert-OH is 1. The molecule has 0 bridgehead atoms. The first kappa shape index (κ1) is 13.0. The lowest BCUT2D eigenvalue weighted by Gasteiger charge is -2.10. The lowest BCUT2D eigenvalue weighted by atomic mass is 10.1. The quantitative estimate of drug-likeness (QED) is 0.852. The Morgan fingerprint density at radius 3 is 2.35 bits per heavy atom. The van der Waals surface area contributed by atoms with Gasteiger partial charge in [-0.05, 0) is 34.1 Å². The van der Waals surface area contributed by atoms with Gasteiger partial charge < -0.3 is 5.11 Å². The first-order chi connectivity index (χ1) is 8.00.